The molecule has 0 radical (unpaired) electrons. The molecule has 1 aliphatic heterocycles. The van der Waals surface area contributed by atoms with Gasteiger partial charge in [0.15, 0.2) is 5.78 Å². The minimum absolute atomic E-state index is 0.133. The summed E-state index contributed by atoms with van der Waals surface area (Å²) in [4.78, 5) is 39.9. The smallest absolute Gasteiger partial charge is 0.410 e. The van der Waals surface area contributed by atoms with Crippen LogP contribution in [0.15, 0.2) is 60.7 Å². The van der Waals surface area contributed by atoms with Crippen LogP contribution < -0.4 is 5.32 Å². The average Bonchev–Trinajstić information content (AvgIpc) is 3.33. The molecule has 1 N–H and O–H groups in total. The molecule has 7 nitrogen and oxygen atoms in total. The van der Waals surface area contributed by atoms with Crippen molar-refractivity contribution in [2.75, 3.05) is 13.2 Å². The molecular weight excluding hydrogens is 420 g/mol. The lowest BCUT2D eigenvalue weighted by atomic mass is 10.0. The van der Waals surface area contributed by atoms with E-state index in [2.05, 4.69) is 5.32 Å². The Morgan fingerprint density at radius 3 is 2.27 bits per heavy atom. The third-order valence-electron chi connectivity index (χ3n) is 5.75. The Hall–Kier alpha value is -3.19. The van der Waals surface area contributed by atoms with Crippen molar-refractivity contribution >= 4 is 17.8 Å². The molecule has 1 amide bonds. The van der Waals surface area contributed by atoms with E-state index in [0.717, 1.165) is 17.5 Å². The fourth-order valence-electron chi connectivity index (χ4n) is 4.06. The average molecular weight is 453 g/mol. The number of esters is 1. The van der Waals surface area contributed by atoms with Gasteiger partial charge in [-0.05, 0) is 44.2 Å². The molecule has 7 heteroatoms. The Balaban J connectivity index is 1.62. The maximum Gasteiger partial charge on any atom is 0.410 e. The number of rotatable bonds is 10. The van der Waals surface area contributed by atoms with E-state index in [0.29, 0.717) is 19.4 Å². The first-order valence-electron chi connectivity index (χ1n) is 11.5. The van der Waals surface area contributed by atoms with Crippen LogP contribution in [0, 0.1) is 0 Å². The molecule has 0 aromatic heterocycles. The summed E-state index contributed by atoms with van der Waals surface area (Å²) in [5.74, 6) is -0.530. The van der Waals surface area contributed by atoms with Crippen LogP contribution in [0.1, 0.15) is 37.8 Å². The topological polar surface area (TPSA) is 84.9 Å². The highest BCUT2D eigenvalue weighted by molar-refractivity contribution is 5.92. The highest BCUT2D eigenvalue weighted by Crippen LogP contribution is 2.21. The van der Waals surface area contributed by atoms with Crippen molar-refractivity contribution < 1.29 is 23.9 Å². The van der Waals surface area contributed by atoms with Gasteiger partial charge >= 0.3 is 12.1 Å². The number of ether oxygens (including phenoxy) is 2. The minimum atomic E-state index is -0.661. The van der Waals surface area contributed by atoms with E-state index in [9.17, 15) is 14.4 Å². The van der Waals surface area contributed by atoms with Gasteiger partial charge in [-0.1, -0.05) is 60.7 Å². The van der Waals surface area contributed by atoms with E-state index in [-0.39, 0.29) is 19.0 Å². The van der Waals surface area contributed by atoms with Gasteiger partial charge < -0.3 is 9.47 Å². The zero-order chi connectivity index (χ0) is 23.6. The summed E-state index contributed by atoms with van der Waals surface area (Å²) in [6, 6.07) is 17.2. The van der Waals surface area contributed by atoms with Crippen molar-refractivity contribution in [3.05, 3.63) is 71.8 Å². The number of nitrogens with zero attached hydrogens (tertiary/aromatic N) is 1. The molecule has 0 aliphatic carbocycles. The summed E-state index contributed by atoms with van der Waals surface area (Å²) < 4.78 is 10.7. The summed E-state index contributed by atoms with van der Waals surface area (Å²) in [5.41, 5.74) is 1.86. The third-order valence-corrected chi connectivity index (χ3v) is 5.75. The Morgan fingerprint density at radius 1 is 1.00 bits per heavy atom. The van der Waals surface area contributed by atoms with E-state index in [1.54, 1.807) is 13.8 Å². The van der Waals surface area contributed by atoms with Gasteiger partial charge in [0.05, 0.1) is 18.7 Å². The van der Waals surface area contributed by atoms with E-state index in [1.807, 2.05) is 60.7 Å². The molecular formula is C26H32N2O5. The molecule has 1 heterocycles. The number of carbonyl (C=O) groups excluding carboxylic acids is 3. The Kier molecular flexibility index (Phi) is 9.01. The van der Waals surface area contributed by atoms with Crippen LogP contribution in [0.4, 0.5) is 4.79 Å². The second-order valence-corrected chi connectivity index (χ2v) is 8.18. The Labute approximate surface area is 195 Å². The van der Waals surface area contributed by atoms with Gasteiger partial charge in [0.1, 0.15) is 12.6 Å². The van der Waals surface area contributed by atoms with Crippen molar-refractivity contribution in [1.82, 2.24) is 10.2 Å². The van der Waals surface area contributed by atoms with Crippen molar-refractivity contribution in [2.24, 2.45) is 0 Å². The molecule has 0 saturated carbocycles. The van der Waals surface area contributed by atoms with Gasteiger partial charge in [0, 0.05) is 6.54 Å². The van der Waals surface area contributed by atoms with Crippen molar-refractivity contribution in [3.8, 4) is 0 Å². The third kappa shape index (κ3) is 6.89. The van der Waals surface area contributed by atoms with Crippen LogP contribution in [-0.4, -0.2) is 54.0 Å². The predicted octanol–water partition coefficient (Wildman–Crippen LogP) is 3.51. The lowest BCUT2D eigenvalue weighted by Gasteiger charge is -2.27. The quantitative estimate of drug-likeness (QED) is 0.556. The monoisotopic (exact) mass is 452 g/mol. The fraction of sp³-hybridized carbons (Fsp3) is 0.423. The summed E-state index contributed by atoms with van der Waals surface area (Å²) >= 11 is 0. The van der Waals surface area contributed by atoms with Crippen molar-refractivity contribution in [2.45, 2.75) is 57.8 Å². The van der Waals surface area contributed by atoms with Gasteiger partial charge in [-0.15, -0.1) is 0 Å². The number of Topliss-reactive ketones (excluding diaryl/α,β-unsaturated/α-hetero) is 1. The lowest BCUT2D eigenvalue weighted by Crippen LogP contribution is -2.53. The van der Waals surface area contributed by atoms with E-state index >= 15 is 0 Å². The van der Waals surface area contributed by atoms with Crippen LogP contribution in [0.5, 0.6) is 0 Å². The number of benzene rings is 2. The Bertz CT molecular complexity index is 919. The first-order chi connectivity index (χ1) is 16.0. The van der Waals surface area contributed by atoms with Crippen LogP contribution >= 0.6 is 0 Å². The van der Waals surface area contributed by atoms with Crippen LogP contribution in [0.3, 0.4) is 0 Å². The van der Waals surface area contributed by atoms with Crippen LogP contribution in [-0.2, 0) is 32.1 Å². The number of likely N-dealkylation sites (tertiary alicyclic amines) is 1. The number of hydrogen-bond donors (Lipinski definition) is 1. The molecule has 3 atom stereocenters. The van der Waals surface area contributed by atoms with Crippen LogP contribution in [0.2, 0.25) is 0 Å². The number of carbonyl (C=O) groups is 3. The van der Waals surface area contributed by atoms with Crippen molar-refractivity contribution in [3.63, 3.8) is 0 Å². The molecule has 1 fully saturated rings. The maximum atomic E-state index is 13.2. The predicted molar refractivity (Wildman–Crippen MR) is 125 cm³/mol. The Morgan fingerprint density at radius 2 is 1.64 bits per heavy atom. The van der Waals surface area contributed by atoms with E-state index < -0.39 is 30.2 Å². The highest BCUT2D eigenvalue weighted by atomic mass is 16.6. The standard InChI is InChI=1S/C26H32N2O5/c1-3-32-25(30)22(17-20-11-6-4-7-12-20)27-19(2)24(29)23-15-10-16-28(23)26(31)33-18-21-13-8-5-9-14-21/h4-9,11-14,19,22-23,27H,3,10,15-18H2,1-2H3/t19-,22-,23-/m0/s1. The van der Waals surface area contributed by atoms with Crippen LogP contribution in [0.25, 0.3) is 0 Å². The van der Waals surface area contributed by atoms with Gasteiger partial charge in [-0.2, -0.15) is 0 Å². The number of amides is 1. The lowest BCUT2D eigenvalue weighted by molar-refractivity contribution is -0.146. The summed E-state index contributed by atoms with van der Waals surface area (Å²) in [5, 5.41) is 3.14. The molecule has 0 unspecified atom stereocenters. The first-order valence-corrected chi connectivity index (χ1v) is 11.5. The molecule has 33 heavy (non-hydrogen) atoms. The zero-order valence-corrected chi connectivity index (χ0v) is 19.2. The SMILES string of the molecule is CCOC(=O)[C@H](Cc1ccccc1)N[C@@H](C)C(=O)[C@@H]1CCCN1C(=O)OCc1ccccc1. The molecule has 0 bridgehead atoms. The second kappa shape index (κ2) is 12.2. The first kappa shape index (κ1) is 24.5. The normalized spacial score (nSPS) is 17.3. The number of ketones is 1. The minimum Gasteiger partial charge on any atom is -0.465 e. The second-order valence-electron chi connectivity index (χ2n) is 8.18. The van der Waals surface area contributed by atoms with Gasteiger partial charge in [0.2, 0.25) is 0 Å². The van der Waals surface area contributed by atoms with Gasteiger partial charge in [-0.25, -0.2) is 4.79 Å². The zero-order valence-electron chi connectivity index (χ0n) is 19.2. The number of nitrogens with one attached hydrogen (secondary N) is 1. The molecule has 176 valence electrons. The van der Waals surface area contributed by atoms with E-state index in [1.165, 1.54) is 4.90 Å². The molecule has 1 saturated heterocycles. The summed E-state index contributed by atoms with van der Waals surface area (Å²) in [6.45, 7) is 4.38. The largest absolute Gasteiger partial charge is 0.465 e. The highest BCUT2D eigenvalue weighted by Gasteiger charge is 2.38. The summed E-state index contributed by atoms with van der Waals surface area (Å²) in [7, 11) is 0. The molecule has 1 aliphatic rings. The molecule has 2 aromatic carbocycles. The van der Waals surface area contributed by atoms with Gasteiger partial charge in [-0.3, -0.25) is 19.8 Å². The number of hydrogen-bond acceptors (Lipinski definition) is 6. The molecule has 2 aromatic rings. The fourth-order valence-corrected chi connectivity index (χ4v) is 4.06. The maximum absolute atomic E-state index is 13.2. The van der Waals surface area contributed by atoms with Crippen molar-refractivity contribution in [1.29, 1.82) is 0 Å². The van der Waals surface area contributed by atoms with E-state index in [4.69, 9.17) is 9.47 Å². The van der Waals surface area contributed by atoms with Gasteiger partial charge in [0.25, 0.3) is 0 Å². The molecule has 0 spiro atoms. The molecule has 3 rings (SSSR count). The summed E-state index contributed by atoms with van der Waals surface area (Å²) in [6.07, 6.45) is 1.22.